The van der Waals surface area contributed by atoms with E-state index in [2.05, 4.69) is 26.0 Å². The Labute approximate surface area is 284 Å². The lowest BCUT2D eigenvalue weighted by Crippen LogP contribution is -2.60. The average molecular weight is 765 g/mol. The van der Waals surface area contributed by atoms with Crippen LogP contribution in [0.5, 0.6) is 0 Å². The molecule has 0 aliphatic heterocycles. The number of carbonyl (C=O) groups is 1. The van der Waals surface area contributed by atoms with Crippen LogP contribution in [0.1, 0.15) is 31.2 Å². The highest BCUT2D eigenvalue weighted by Gasteiger charge is 2.81. The Morgan fingerprint density at radius 1 is 1.04 bits per heavy atom. The first-order chi connectivity index (χ1) is 23.7. The molecule has 3 rings (SSSR count). The van der Waals surface area contributed by atoms with Gasteiger partial charge in [0.2, 0.25) is 0 Å². The highest BCUT2D eigenvalue weighted by molar-refractivity contribution is 7.36. The number of esters is 1. The van der Waals surface area contributed by atoms with Gasteiger partial charge in [0.05, 0.1) is 19.5 Å². The molecule has 0 aliphatic carbocycles. The summed E-state index contributed by atoms with van der Waals surface area (Å²) in [4.78, 5) is 24.0. The molecule has 51 heavy (non-hydrogen) atoms. The standard InChI is InChI=1S/C29H31F10N6O5P/c1-3-25(48-2,12-13-45-17-41-20-21(40)42-24(30)43-22(20)45)16-50-51(47)44-19(15-18-9-5-4-6-10-18)23(46)49-14-8-7-11-26(31,32)27(33,34)28(35,36)29(37,38)39/h1,4-6,9-10,17,19,51H,7-8,11-16H2,2H3,(H,44,47)(H2,40,42,43)/t19-,25-/m0/s1. The van der Waals surface area contributed by atoms with E-state index in [0.717, 1.165) is 0 Å². The number of fused-ring (bicyclic) bond motifs is 1. The van der Waals surface area contributed by atoms with Gasteiger partial charge in [-0.05, 0) is 24.8 Å². The molecule has 3 N–H and O–H groups in total. The third-order valence-corrected chi connectivity index (χ3v) is 8.50. The second-order valence-corrected chi connectivity index (χ2v) is 12.2. The molecule has 1 unspecified atom stereocenters. The first-order valence-electron chi connectivity index (χ1n) is 14.7. The van der Waals surface area contributed by atoms with E-state index in [4.69, 9.17) is 26.2 Å². The molecule has 0 saturated carbocycles. The van der Waals surface area contributed by atoms with Gasteiger partial charge in [-0.25, -0.2) is 10.1 Å². The molecule has 0 radical (unpaired) electrons. The number of nitrogen functional groups attached to an aromatic ring is 1. The molecule has 1 aromatic carbocycles. The molecule has 11 nitrogen and oxygen atoms in total. The molecule has 0 saturated heterocycles. The number of aryl methyl sites for hydroxylation is 1. The lowest BCUT2D eigenvalue weighted by molar-refractivity contribution is -0.396. The van der Waals surface area contributed by atoms with Crippen molar-refractivity contribution < 1.29 is 67.3 Å². The lowest BCUT2D eigenvalue weighted by Gasteiger charge is -2.33. The van der Waals surface area contributed by atoms with Crippen LogP contribution in [-0.4, -0.2) is 81.4 Å². The number of hydrogen-bond donors (Lipinski definition) is 2. The van der Waals surface area contributed by atoms with E-state index in [1.807, 2.05) is 0 Å². The second-order valence-electron chi connectivity index (χ2n) is 11.0. The molecular weight excluding hydrogens is 733 g/mol. The summed E-state index contributed by atoms with van der Waals surface area (Å²) in [6, 6.07) is 6.68. The van der Waals surface area contributed by atoms with Gasteiger partial charge in [-0.15, -0.1) is 6.42 Å². The van der Waals surface area contributed by atoms with Gasteiger partial charge in [0.1, 0.15) is 11.6 Å². The van der Waals surface area contributed by atoms with E-state index in [0.29, 0.717) is 5.56 Å². The number of alkyl halides is 9. The van der Waals surface area contributed by atoms with Crippen molar-refractivity contribution in [1.29, 1.82) is 0 Å². The van der Waals surface area contributed by atoms with Gasteiger partial charge in [-0.1, -0.05) is 36.3 Å². The van der Waals surface area contributed by atoms with E-state index in [9.17, 15) is 53.3 Å². The van der Waals surface area contributed by atoms with Crippen molar-refractivity contribution in [1.82, 2.24) is 24.6 Å². The monoisotopic (exact) mass is 764 g/mol. The fourth-order valence-electron chi connectivity index (χ4n) is 4.51. The van der Waals surface area contributed by atoms with Crippen LogP contribution in [-0.2, 0) is 36.3 Å². The van der Waals surface area contributed by atoms with E-state index >= 15 is 0 Å². The van der Waals surface area contributed by atoms with Crippen molar-refractivity contribution in [3.05, 3.63) is 48.3 Å². The van der Waals surface area contributed by atoms with Gasteiger partial charge in [0.25, 0.3) is 8.18 Å². The van der Waals surface area contributed by atoms with Crippen molar-refractivity contribution in [2.75, 3.05) is 26.1 Å². The number of benzene rings is 1. The fraction of sp³-hybridized carbons (Fsp3) is 0.517. The number of rotatable bonds is 19. The molecule has 0 amide bonds. The number of anilines is 1. The maximum absolute atomic E-state index is 13.8. The maximum atomic E-state index is 13.8. The van der Waals surface area contributed by atoms with Crippen LogP contribution < -0.4 is 10.8 Å². The minimum absolute atomic E-state index is 0.0134. The van der Waals surface area contributed by atoms with Crippen LogP contribution in [0, 0.1) is 18.4 Å². The van der Waals surface area contributed by atoms with Gasteiger partial charge in [0, 0.05) is 26.5 Å². The number of hydrogen-bond acceptors (Lipinski definition) is 9. The molecule has 282 valence electrons. The number of nitrogens with one attached hydrogen (secondary N) is 1. The van der Waals surface area contributed by atoms with Crippen molar-refractivity contribution in [3.8, 4) is 12.3 Å². The zero-order valence-corrected chi connectivity index (χ0v) is 27.5. The largest absolute Gasteiger partial charge is 0.465 e. The SMILES string of the molecule is C#C[C@](CCn1cnc2c(N)nc(F)nc21)(CO[PH](=O)N[C@@H](Cc1ccccc1)C(=O)OCCCCC(F)(F)C(F)(F)C(F)(F)C(F)(F)F)OC. The summed E-state index contributed by atoms with van der Waals surface area (Å²) in [6.07, 6.45) is -4.95. The highest BCUT2D eigenvalue weighted by atomic mass is 31.1. The molecule has 0 aliphatic rings. The Hall–Kier alpha value is -3.99. The number of unbranched alkanes of at least 4 members (excludes halogenated alkanes) is 1. The van der Waals surface area contributed by atoms with Crippen LogP contribution in [0.3, 0.4) is 0 Å². The Morgan fingerprint density at radius 2 is 1.71 bits per heavy atom. The summed E-state index contributed by atoms with van der Waals surface area (Å²) in [5.74, 6) is -18.4. The molecule has 2 aromatic heterocycles. The number of nitrogens with zero attached hydrogens (tertiary/aromatic N) is 4. The van der Waals surface area contributed by atoms with Gasteiger partial charge in [0.15, 0.2) is 17.1 Å². The molecule has 22 heteroatoms. The quantitative estimate of drug-likeness (QED) is 0.0387. The van der Waals surface area contributed by atoms with Gasteiger partial charge < -0.3 is 24.3 Å². The zero-order valence-electron chi connectivity index (χ0n) is 26.5. The lowest BCUT2D eigenvalue weighted by atomic mass is 9.99. The smallest absolute Gasteiger partial charge is 0.460 e. The first-order valence-corrected chi connectivity index (χ1v) is 16.0. The van der Waals surface area contributed by atoms with Crippen LogP contribution in [0.15, 0.2) is 36.7 Å². The number of halogens is 10. The van der Waals surface area contributed by atoms with Crippen molar-refractivity contribution in [3.63, 3.8) is 0 Å². The minimum Gasteiger partial charge on any atom is -0.465 e. The normalized spacial score (nSPS) is 15.3. The van der Waals surface area contributed by atoms with Crippen LogP contribution in [0.25, 0.3) is 11.2 Å². The van der Waals surface area contributed by atoms with Crippen molar-refractivity contribution in [2.45, 2.75) is 74.2 Å². The predicted octanol–water partition coefficient (Wildman–Crippen LogP) is 5.75. The van der Waals surface area contributed by atoms with E-state index in [-0.39, 0.29) is 36.4 Å². The fourth-order valence-corrected chi connectivity index (χ4v) is 5.46. The van der Waals surface area contributed by atoms with Gasteiger partial charge in [-0.3, -0.25) is 9.36 Å². The summed E-state index contributed by atoms with van der Waals surface area (Å²) in [7, 11) is -2.10. The number of terminal acetylenes is 1. The highest BCUT2D eigenvalue weighted by Crippen LogP contribution is 2.54. The summed E-state index contributed by atoms with van der Waals surface area (Å²) in [5, 5.41) is 2.44. The van der Waals surface area contributed by atoms with Crippen molar-refractivity contribution >= 4 is 31.1 Å². The number of imidazole rings is 1. The molecule has 3 aromatic rings. The van der Waals surface area contributed by atoms with Crippen LogP contribution in [0.2, 0.25) is 0 Å². The predicted molar refractivity (Wildman–Crippen MR) is 161 cm³/mol. The minimum atomic E-state index is -7.00. The van der Waals surface area contributed by atoms with Crippen molar-refractivity contribution in [2.24, 2.45) is 0 Å². The molecule has 3 atom stereocenters. The summed E-state index contributed by atoms with van der Waals surface area (Å²) >= 11 is 0. The number of carbonyl (C=O) groups excluding carboxylic acids is 1. The van der Waals surface area contributed by atoms with Gasteiger partial charge in [-0.2, -0.15) is 53.9 Å². The average Bonchev–Trinajstić information content (AvgIpc) is 3.47. The van der Waals surface area contributed by atoms with Crippen LogP contribution >= 0.6 is 8.18 Å². The second kappa shape index (κ2) is 16.6. The van der Waals surface area contributed by atoms with E-state index in [1.54, 1.807) is 30.3 Å². The number of nitrogens with two attached hydrogens (primary N) is 1. The molecule has 0 fully saturated rings. The van der Waals surface area contributed by atoms with E-state index < -0.39 is 88.3 Å². The Morgan fingerprint density at radius 3 is 2.31 bits per heavy atom. The summed E-state index contributed by atoms with van der Waals surface area (Å²) < 4.78 is 162. The van der Waals surface area contributed by atoms with Crippen LogP contribution in [0.4, 0.5) is 49.7 Å². The first kappa shape index (κ1) is 41.4. The number of methoxy groups -OCH3 is 1. The Bertz CT molecular complexity index is 1710. The third-order valence-electron chi connectivity index (χ3n) is 7.51. The molecule has 2 heterocycles. The molecule has 0 spiro atoms. The van der Waals surface area contributed by atoms with Gasteiger partial charge >= 0.3 is 36.0 Å². The zero-order chi connectivity index (χ0) is 38.3. The summed E-state index contributed by atoms with van der Waals surface area (Å²) in [6.45, 7) is -1.19. The summed E-state index contributed by atoms with van der Waals surface area (Å²) in [5.41, 5.74) is 4.87. The number of ether oxygens (including phenoxy) is 2. The number of aromatic nitrogens is 4. The Kier molecular flexibility index (Phi) is 13.5. The molecule has 0 bridgehead atoms. The molecular formula is C29H31F10N6O5P. The Balaban J connectivity index is 1.60. The topological polar surface area (TPSA) is 143 Å². The third kappa shape index (κ3) is 9.87. The maximum Gasteiger partial charge on any atom is 0.460 e. The van der Waals surface area contributed by atoms with E-state index in [1.165, 1.54) is 18.0 Å².